The van der Waals surface area contributed by atoms with Gasteiger partial charge in [0.05, 0.1) is 4.92 Å². The summed E-state index contributed by atoms with van der Waals surface area (Å²) in [6.45, 7) is 9.61. The van der Waals surface area contributed by atoms with Gasteiger partial charge in [0.15, 0.2) is 0 Å². The molecule has 1 atom stereocenters. The molecule has 1 saturated heterocycles. The molecular weight excluding hydrogens is 372 g/mol. The lowest BCUT2D eigenvalue weighted by Gasteiger charge is -2.36. The number of benzene rings is 1. The Labute approximate surface area is 163 Å². The van der Waals surface area contributed by atoms with Gasteiger partial charge in [-0.2, -0.15) is 0 Å². The van der Waals surface area contributed by atoms with E-state index in [4.69, 9.17) is 11.6 Å². The lowest BCUT2D eigenvalue weighted by Crippen LogP contribution is -2.56. The molecule has 0 saturated carbocycles. The van der Waals surface area contributed by atoms with Crippen LogP contribution in [0.15, 0.2) is 18.2 Å². The Morgan fingerprint density at radius 3 is 2.41 bits per heavy atom. The fourth-order valence-electron chi connectivity index (χ4n) is 3.01. The fourth-order valence-corrected chi connectivity index (χ4v) is 3.20. The van der Waals surface area contributed by atoms with Crippen LogP contribution in [0.2, 0.25) is 5.02 Å². The molecule has 1 heterocycles. The van der Waals surface area contributed by atoms with Crippen LogP contribution in [-0.4, -0.2) is 65.3 Å². The Morgan fingerprint density at radius 1 is 1.26 bits per heavy atom. The van der Waals surface area contributed by atoms with Gasteiger partial charge in [-0.05, 0) is 24.6 Å². The van der Waals surface area contributed by atoms with E-state index in [2.05, 4.69) is 17.1 Å². The molecule has 0 spiro atoms. The number of nitro groups is 1. The Balaban J connectivity index is 2.11. The molecular formula is C18H25ClN4O4. The van der Waals surface area contributed by atoms with Crippen molar-refractivity contribution in [2.45, 2.75) is 26.8 Å². The van der Waals surface area contributed by atoms with E-state index in [0.29, 0.717) is 13.1 Å². The summed E-state index contributed by atoms with van der Waals surface area (Å²) in [5.74, 6) is -0.778. The summed E-state index contributed by atoms with van der Waals surface area (Å²) in [4.78, 5) is 39.9. The maximum absolute atomic E-state index is 12.9. The van der Waals surface area contributed by atoms with Crippen LogP contribution in [0.25, 0.3) is 0 Å². The SMILES string of the molecule is CCN1CCN(C(=O)[C@@H](NC(=O)c2ccc(Cl)c([N+](=O)[O-])c2)C(C)C)CC1. The van der Waals surface area contributed by atoms with Crippen LogP contribution in [0.5, 0.6) is 0 Å². The minimum atomic E-state index is -0.694. The highest BCUT2D eigenvalue weighted by atomic mass is 35.5. The van der Waals surface area contributed by atoms with Gasteiger partial charge in [-0.15, -0.1) is 0 Å². The molecule has 1 aliphatic heterocycles. The molecule has 0 bridgehead atoms. The molecule has 0 radical (unpaired) electrons. The third-order valence-electron chi connectivity index (χ3n) is 4.76. The Kier molecular flexibility index (Phi) is 7.15. The molecule has 0 aliphatic carbocycles. The van der Waals surface area contributed by atoms with E-state index in [0.717, 1.165) is 25.7 Å². The van der Waals surface area contributed by atoms with Crippen molar-refractivity contribution in [2.24, 2.45) is 5.92 Å². The zero-order valence-corrected chi connectivity index (χ0v) is 16.5. The third kappa shape index (κ3) is 5.17. The van der Waals surface area contributed by atoms with Crippen molar-refractivity contribution < 1.29 is 14.5 Å². The molecule has 8 nitrogen and oxygen atoms in total. The van der Waals surface area contributed by atoms with Gasteiger partial charge in [0.2, 0.25) is 5.91 Å². The van der Waals surface area contributed by atoms with E-state index in [-0.39, 0.29) is 28.1 Å². The highest BCUT2D eigenvalue weighted by Crippen LogP contribution is 2.25. The molecule has 2 amide bonds. The number of halogens is 1. The second-order valence-electron chi connectivity index (χ2n) is 6.88. The lowest BCUT2D eigenvalue weighted by atomic mass is 10.0. The standard InChI is InChI=1S/C18H25ClN4O4/c1-4-21-7-9-22(10-8-21)18(25)16(12(2)3)20-17(24)13-5-6-14(19)15(11-13)23(26)27/h5-6,11-12,16H,4,7-10H2,1-3H3,(H,20,24)/t16-/m0/s1. The fraction of sp³-hybridized carbons (Fsp3) is 0.556. The monoisotopic (exact) mass is 396 g/mol. The predicted molar refractivity (Wildman–Crippen MR) is 103 cm³/mol. The number of likely N-dealkylation sites (N-methyl/N-ethyl adjacent to an activating group) is 1. The number of nitrogens with one attached hydrogen (secondary N) is 1. The highest BCUT2D eigenvalue weighted by molar-refractivity contribution is 6.32. The molecule has 1 aromatic rings. The first-order chi connectivity index (χ1) is 12.7. The maximum atomic E-state index is 12.9. The third-order valence-corrected chi connectivity index (χ3v) is 5.08. The molecule has 1 N–H and O–H groups in total. The normalized spacial score (nSPS) is 16.3. The number of piperazine rings is 1. The van der Waals surface area contributed by atoms with E-state index < -0.39 is 16.9 Å². The van der Waals surface area contributed by atoms with Crippen molar-refractivity contribution in [1.29, 1.82) is 0 Å². The molecule has 0 aromatic heterocycles. The molecule has 0 unspecified atom stereocenters. The first-order valence-corrected chi connectivity index (χ1v) is 9.38. The number of nitro benzene ring substituents is 1. The van der Waals surface area contributed by atoms with Crippen molar-refractivity contribution >= 4 is 29.1 Å². The van der Waals surface area contributed by atoms with Crippen molar-refractivity contribution in [1.82, 2.24) is 15.1 Å². The van der Waals surface area contributed by atoms with Gasteiger partial charge in [-0.1, -0.05) is 32.4 Å². The second kappa shape index (κ2) is 9.14. The minimum Gasteiger partial charge on any atom is -0.340 e. The van der Waals surface area contributed by atoms with Gasteiger partial charge in [0.1, 0.15) is 11.1 Å². The van der Waals surface area contributed by atoms with Crippen LogP contribution in [0.1, 0.15) is 31.1 Å². The molecule has 148 valence electrons. The van der Waals surface area contributed by atoms with E-state index in [9.17, 15) is 19.7 Å². The van der Waals surface area contributed by atoms with E-state index >= 15 is 0 Å². The topological polar surface area (TPSA) is 95.8 Å². The van der Waals surface area contributed by atoms with Gasteiger partial charge in [-0.3, -0.25) is 19.7 Å². The summed E-state index contributed by atoms with van der Waals surface area (Å²) < 4.78 is 0. The lowest BCUT2D eigenvalue weighted by molar-refractivity contribution is -0.384. The van der Waals surface area contributed by atoms with Crippen molar-refractivity contribution in [3.63, 3.8) is 0 Å². The van der Waals surface area contributed by atoms with E-state index in [1.165, 1.54) is 12.1 Å². The summed E-state index contributed by atoms with van der Waals surface area (Å²) >= 11 is 5.79. The molecule has 9 heteroatoms. The number of amides is 2. The highest BCUT2D eigenvalue weighted by Gasteiger charge is 2.31. The Morgan fingerprint density at radius 2 is 1.89 bits per heavy atom. The zero-order chi connectivity index (χ0) is 20.1. The summed E-state index contributed by atoms with van der Waals surface area (Å²) in [5, 5.41) is 13.7. The Hall–Kier alpha value is -2.19. The molecule has 27 heavy (non-hydrogen) atoms. The summed E-state index contributed by atoms with van der Waals surface area (Å²) in [7, 11) is 0. The number of rotatable bonds is 6. The van der Waals surface area contributed by atoms with Crippen LogP contribution in [0.3, 0.4) is 0 Å². The van der Waals surface area contributed by atoms with E-state index in [1.54, 1.807) is 4.90 Å². The van der Waals surface area contributed by atoms with Gasteiger partial charge in [-0.25, -0.2) is 0 Å². The van der Waals surface area contributed by atoms with Gasteiger partial charge >= 0.3 is 0 Å². The van der Waals surface area contributed by atoms with Crippen LogP contribution in [0.4, 0.5) is 5.69 Å². The van der Waals surface area contributed by atoms with Crippen LogP contribution in [0, 0.1) is 16.0 Å². The summed E-state index contributed by atoms with van der Waals surface area (Å²) in [6.07, 6.45) is 0. The van der Waals surface area contributed by atoms with Crippen molar-refractivity contribution in [3.8, 4) is 0 Å². The first kappa shape index (κ1) is 21.1. The number of carbonyl (C=O) groups is 2. The number of carbonyl (C=O) groups excluding carboxylic acids is 2. The largest absolute Gasteiger partial charge is 0.340 e. The molecule has 2 rings (SSSR count). The van der Waals surface area contributed by atoms with Crippen molar-refractivity contribution in [3.05, 3.63) is 38.9 Å². The van der Waals surface area contributed by atoms with Crippen LogP contribution < -0.4 is 5.32 Å². The average Bonchev–Trinajstić information content (AvgIpc) is 2.65. The maximum Gasteiger partial charge on any atom is 0.288 e. The molecule has 1 aromatic carbocycles. The first-order valence-electron chi connectivity index (χ1n) is 9.00. The Bertz CT molecular complexity index is 717. The smallest absolute Gasteiger partial charge is 0.288 e. The van der Waals surface area contributed by atoms with Crippen molar-refractivity contribution in [2.75, 3.05) is 32.7 Å². The summed E-state index contributed by atoms with van der Waals surface area (Å²) in [5.41, 5.74) is -0.243. The number of hydrogen-bond acceptors (Lipinski definition) is 5. The van der Waals surface area contributed by atoms with E-state index in [1.807, 2.05) is 13.8 Å². The molecule has 1 fully saturated rings. The number of nitrogens with zero attached hydrogens (tertiary/aromatic N) is 3. The average molecular weight is 397 g/mol. The second-order valence-corrected chi connectivity index (χ2v) is 7.29. The predicted octanol–water partition coefficient (Wildman–Crippen LogP) is 2.17. The summed E-state index contributed by atoms with van der Waals surface area (Å²) in [6, 6.07) is 3.15. The van der Waals surface area contributed by atoms with Crippen LogP contribution in [-0.2, 0) is 4.79 Å². The molecule has 1 aliphatic rings. The zero-order valence-electron chi connectivity index (χ0n) is 15.8. The minimum absolute atomic E-state index is 0.0400. The van der Waals surface area contributed by atoms with Crippen LogP contribution >= 0.6 is 11.6 Å². The van der Waals surface area contributed by atoms with Gasteiger partial charge in [0, 0.05) is 37.8 Å². The van der Waals surface area contributed by atoms with Gasteiger partial charge in [0.25, 0.3) is 11.6 Å². The quantitative estimate of drug-likeness (QED) is 0.587. The van der Waals surface area contributed by atoms with Gasteiger partial charge < -0.3 is 15.1 Å². The number of hydrogen-bond donors (Lipinski definition) is 1.